The summed E-state index contributed by atoms with van der Waals surface area (Å²) in [5.74, 6) is 0.782. The van der Waals surface area contributed by atoms with Crippen LogP contribution in [0, 0.1) is 5.92 Å². The quantitative estimate of drug-likeness (QED) is 0.674. The minimum Gasteiger partial charge on any atom is -0.387 e. The largest absolute Gasteiger partial charge is 0.387 e. The number of oxime groups is 1. The Morgan fingerprint density at radius 3 is 2.71 bits per heavy atom. The van der Waals surface area contributed by atoms with Crippen LogP contribution in [0.4, 0.5) is 0 Å². The lowest BCUT2D eigenvalue weighted by molar-refractivity contribution is -0.116. The van der Waals surface area contributed by atoms with Gasteiger partial charge in [0, 0.05) is 6.42 Å². The second kappa shape index (κ2) is 7.84. The Balaban J connectivity index is 1.50. The molecule has 0 saturated carbocycles. The zero-order valence-electron chi connectivity index (χ0n) is 16.1. The Hall–Kier alpha value is -3.15. The van der Waals surface area contributed by atoms with Crippen LogP contribution in [0.3, 0.4) is 0 Å². The monoisotopic (exact) mass is 376 g/mol. The summed E-state index contributed by atoms with van der Waals surface area (Å²) in [6.07, 6.45) is 1.16. The van der Waals surface area contributed by atoms with Gasteiger partial charge in [0.2, 0.25) is 0 Å². The summed E-state index contributed by atoms with van der Waals surface area (Å²) in [4.78, 5) is 26.4. The minimum atomic E-state index is -0.219. The van der Waals surface area contributed by atoms with Gasteiger partial charge in [0.1, 0.15) is 11.5 Å². The molecule has 6 heteroatoms. The summed E-state index contributed by atoms with van der Waals surface area (Å²) in [6, 6.07) is 17.5. The molecule has 1 amide bonds. The van der Waals surface area contributed by atoms with Gasteiger partial charge in [-0.2, -0.15) is 0 Å². The smallest absolute Gasteiger partial charge is 0.269 e. The van der Waals surface area contributed by atoms with E-state index in [-0.39, 0.29) is 24.0 Å². The van der Waals surface area contributed by atoms with Gasteiger partial charge in [-0.1, -0.05) is 67.9 Å². The summed E-state index contributed by atoms with van der Waals surface area (Å²) in [7, 11) is 0. The SMILES string of the molecule is CCC(C)C(NC(=O)C1=NOC(c2ccccc2)C1)c1nc2ccccc2[nH]1. The Morgan fingerprint density at radius 1 is 1.21 bits per heavy atom. The summed E-state index contributed by atoms with van der Waals surface area (Å²) in [5, 5.41) is 7.16. The van der Waals surface area contributed by atoms with Gasteiger partial charge in [-0.15, -0.1) is 0 Å². The van der Waals surface area contributed by atoms with Crippen LogP contribution < -0.4 is 5.32 Å². The van der Waals surface area contributed by atoms with Crippen molar-refractivity contribution in [3.63, 3.8) is 0 Å². The van der Waals surface area contributed by atoms with E-state index < -0.39 is 0 Å². The first-order valence-corrected chi connectivity index (χ1v) is 9.69. The number of para-hydroxylation sites is 2. The van der Waals surface area contributed by atoms with E-state index in [1.54, 1.807) is 0 Å². The van der Waals surface area contributed by atoms with Crippen LogP contribution in [0.5, 0.6) is 0 Å². The summed E-state index contributed by atoms with van der Waals surface area (Å²) in [6.45, 7) is 4.21. The Kier molecular flexibility index (Phi) is 5.10. The summed E-state index contributed by atoms with van der Waals surface area (Å²) >= 11 is 0. The van der Waals surface area contributed by atoms with Crippen molar-refractivity contribution in [1.82, 2.24) is 15.3 Å². The lowest BCUT2D eigenvalue weighted by Gasteiger charge is -2.22. The molecule has 2 aromatic carbocycles. The predicted molar refractivity (Wildman–Crippen MR) is 109 cm³/mol. The number of fused-ring (bicyclic) bond motifs is 1. The Morgan fingerprint density at radius 2 is 1.96 bits per heavy atom. The van der Waals surface area contributed by atoms with Gasteiger partial charge in [-0.3, -0.25) is 4.79 Å². The van der Waals surface area contributed by atoms with E-state index in [1.165, 1.54) is 0 Å². The van der Waals surface area contributed by atoms with E-state index in [4.69, 9.17) is 4.84 Å². The highest BCUT2D eigenvalue weighted by atomic mass is 16.6. The number of carbonyl (C=O) groups excluding carboxylic acids is 1. The molecule has 0 bridgehead atoms. The van der Waals surface area contributed by atoms with E-state index in [2.05, 4.69) is 34.3 Å². The fraction of sp³-hybridized carbons (Fsp3) is 0.318. The van der Waals surface area contributed by atoms with E-state index in [1.807, 2.05) is 54.6 Å². The van der Waals surface area contributed by atoms with Crippen molar-refractivity contribution in [3.05, 3.63) is 66.0 Å². The molecule has 3 unspecified atom stereocenters. The van der Waals surface area contributed by atoms with Gasteiger partial charge in [0.25, 0.3) is 5.91 Å². The van der Waals surface area contributed by atoms with Gasteiger partial charge in [-0.25, -0.2) is 4.98 Å². The number of H-pyrrole nitrogens is 1. The molecule has 2 N–H and O–H groups in total. The van der Waals surface area contributed by atoms with Crippen molar-refractivity contribution < 1.29 is 9.63 Å². The number of carbonyl (C=O) groups is 1. The number of aromatic nitrogens is 2. The molecule has 0 aliphatic carbocycles. The number of benzene rings is 2. The van der Waals surface area contributed by atoms with Crippen LogP contribution >= 0.6 is 0 Å². The average Bonchev–Trinajstić information content (AvgIpc) is 3.39. The number of aromatic amines is 1. The van der Waals surface area contributed by atoms with Crippen LogP contribution in [0.25, 0.3) is 11.0 Å². The van der Waals surface area contributed by atoms with Crippen molar-refractivity contribution in [2.45, 2.75) is 38.8 Å². The first-order chi connectivity index (χ1) is 13.7. The first kappa shape index (κ1) is 18.2. The minimum absolute atomic E-state index is 0.204. The van der Waals surface area contributed by atoms with Gasteiger partial charge in [-0.05, 0) is 23.6 Å². The van der Waals surface area contributed by atoms with Crippen LogP contribution in [-0.4, -0.2) is 21.6 Å². The molecule has 0 radical (unpaired) electrons. The Bertz CT molecular complexity index is 963. The van der Waals surface area contributed by atoms with Gasteiger partial charge >= 0.3 is 0 Å². The molecule has 0 spiro atoms. The molecule has 1 aliphatic rings. The van der Waals surface area contributed by atoms with Crippen molar-refractivity contribution in [2.75, 3.05) is 0 Å². The fourth-order valence-corrected chi connectivity index (χ4v) is 3.42. The molecule has 0 saturated heterocycles. The van der Waals surface area contributed by atoms with Crippen LogP contribution in [0.2, 0.25) is 0 Å². The lowest BCUT2D eigenvalue weighted by atomic mass is 9.97. The first-order valence-electron chi connectivity index (χ1n) is 9.69. The molecule has 4 rings (SSSR count). The van der Waals surface area contributed by atoms with E-state index in [0.717, 1.165) is 28.8 Å². The van der Waals surface area contributed by atoms with E-state index in [9.17, 15) is 4.79 Å². The molecular weight excluding hydrogens is 352 g/mol. The number of rotatable bonds is 6. The standard InChI is InChI=1S/C22H24N4O2/c1-3-14(2)20(21-23-16-11-7-8-12-17(16)24-21)25-22(27)18-13-19(28-26-18)15-9-5-4-6-10-15/h4-12,14,19-20H,3,13H2,1-2H3,(H,23,24)(H,25,27). The lowest BCUT2D eigenvalue weighted by Crippen LogP contribution is -2.37. The highest BCUT2D eigenvalue weighted by Crippen LogP contribution is 2.28. The van der Waals surface area contributed by atoms with Crippen molar-refractivity contribution >= 4 is 22.7 Å². The van der Waals surface area contributed by atoms with Crippen molar-refractivity contribution in [1.29, 1.82) is 0 Å². The number of nitrogens with zero attached hydrogens (tertiary/aromatic N) is 2. The van der Waals surface area contributed by atoms with E-state index in [0.29, 0.717) is 12.1 Å². The number of hydrogen-bond acceptors (Lipinski definition) is 4. The topological polar surface area (TPSA) is 79.4 Å². The molecule has 2 heterocycles. The van der Waals surface area contributed by atoms with E-state index >= 15 is 0 Å². The van der Waals surface area contributed by atoms with Crippen LogP contribution in [0.1, 0.15) is 50.2 Å². The molecule has 3 atom stereocenters. The van der Waals surface area contributed by atoms with Crippen LogP contribution in [0.15, 0.2) is 59.8 Å². The zero-order valence-corrected chi connectivity index (χ0v) is 16.1. The maximum Gasteiger partial charge on any atom is 0.269 e. The molecule has 28 heavy (non-hydrogen) atoms. The van der Waals surface area contributed by atoms with Crippen LogP contribution in [-0.2, 0) is 9.63 Å². The summed E-state index contributed by atoms with van der Waals surface area (Å²) in [5.41, 5.74) is 3.29. The highest BCUT2D eigenvalue weighted by Gasteiger charge is 2.31. The summed E-state index contributed by atoms with van der Waals surface area (Å²) < 4.78 is 0. The predicted octanol–water partition coefficient (Wildman–Crippen LogP) is 4.28. The average molecular weight is 376 g/mol. The van der Waals surface area contributed by atoms with Gasteiger partial charge in [0.15, 0.2) is 6.10 Å². The second-order valence-electron chi connectivity index (χ2n) is 7.22. The fourth-order valence-electron chi connectivity index (χ4n) is 3.42. The number of imidazole rings is 1. The third kappa shape index (κ3) is 3.63. The molecule has 1 aromatic heterocycles. The van der Waals surface area contributed by atoms with Crippen molar-refractivity contribution in [3.8, 4) is 0 Å². The zero-order chi connectivity index (χ0) is 19.5. The van der Waals surface area contributed by atoms with Crippen molar-refractivity contribution in [2.24, 2.45) is 11.1 Å². The number of amides is 1. The maximum absolute atomic E-state index is 12.9. The van der Waals surface area contributed by atoms with Gasteiger partial charge < -0.3 is 15.1 Å². The second-order valence-corrected chi connectivity index (χ2v) is 7.22. The third-order valence-electron chi connectivity index (χ3n) is 5.30. The highest BCUT2D eigenvalue weighted by molar-refractivity contribution is 6.39. The van der Waals surface area contributed by atoms with Gasteiger partial charge in [0.05, 0.1) is 17.1 Å². The molecule has 0 fully saturated rings. The number of nitrogens with one attached hydrogen (secondary N) is 2. The Labute approximate surface area is 164 Å². The number of hydrogen-bond donors (Lipinski definition) is 2. The molecule has 3 aromatic rings. The molecule has 6 nitrogen and oxygen atoms in total. The maximum atomic E-state index is 12.9. The third-order valence-corrected chi connectivity index (χ3v) is 5.30. The normalized spacial score (nSPS) is 18.4. The molecule has 1 aliphatic heterocycles. The molecular formula is C22H24N4O2. The molecule has 144 valence electrons.